The van der Waals surface area contributed by atoms with E-state index in [1.165, 1.54) is 51.4 Å². The lowest BCUT2D eigenvalue weighted by molar-refractivity contribution is 0.0381. The summed E-state index contributed by atoms with van der Waals surface area (Å²) in [6.07, 6.45) is 10.1. The van der Waals surface area contributed by atoms with Crippen LogP contribution in [0.2, 0.25) is 0 Å². The molecule has 0 aliphatic carbocycles. The molecule has 0 saturated heterocycles. The minimum atomic E-state index is 0.00682. The smallest absolute Gasteiger partial charge is 0.0640 e. The van der Waals surface area contributed by atoms with Crippen molar-refractivity contribution in [1.82, 2.24) is 0 Å². The summed E-state index contributed by atoms with van der Waals surface area (Å²) in [6.45, 7) is 11.9. The summed E-state index contributed by atoms with van der Waals surface area (Å²) in [5, 5.41) is 0. The van der Waals surface area contributed by atoms with Crippen LogP contribution in [0.15, 0.2) is 0 Å². The van der Waals surface area contributed by atoms with E-state index < -0.39 is 0 Å². The molecule has 0 aromatic heterocycles. The molecule has 0 rings (SSSR count). The second-order valence-electron chi connectivity index (χ2n) is 6.67. The predicted octanol–water partition coefficient (Wildman–Crippen LogP) is 4.78. The van der Waals surface area contributed by atoms with Crippen LogP contribution >= 0.6 is 0 Å². The minimum absolute atomic E-state index is 0.00682. The van der Waals surface area contributed by atoms with Crippen LogP contribution in [-0.4, -0.2) is 32.5 Å². The fraction of sp³-hybridized carbons (Fsp3) is 1.00. The molecule has 0 amide bonds. The topological polar surface area (TPSA) is 44.5 Å². The maximum absolute atomic E-state index is 6.08. The average molecular weight is 316 g/mol. The van der Waals surface area contributed by atoms with Gasteiger partial charge in [0.05, 0.1) is 19.3 Å². The van der Waals surface area contributed by atoms with Crippen molar-refractivity contribution in [3.63, 3.8) is 0 Å². The van der Waals surface area contributed by atoms with Crippen LogP contribution in [-0.2, 0) is 9.47 Å². The maximum Gasteiger partial charge on any atom is 0.0640 e. The third-order valence-electron chi connectivity index (χ3n) is 4.46. The van der Waals surface area contributed by atoms with E-state index in [0.717, 1.165) is 13.2 Å². The van der Waals surface area contributed by atoms with E-state index in [1.54, 1.807) is 0 Å². The van der Waals surface area contributed by atoms with Crippen LogP contribution in [0, 0.1) is 11.8 Å². The number of hydrogen-bond acceptors (Lipinski definition) is 3. The van der Waals surface area contributed by atoms with E-state index in [2.05, 4.69) is 27.7 Å². The monoisotopic (exact) mass is 315 g/mol. The summed E-state index contributed by atoms with van der Waals surface area (Å²) < 4.78 is 11.6. The molecular formula is C19H41NO2. The van der Waals surface area contributed by atoms with E-state index in [0.29, 0.717) is 25.0 Å². The minimum Gasteiger partial charge on any atom is -0.379 e. The van der Waals surface area contributed by atoms with Gasteiger partial charge in [0.1, 0.15) is 0 Å². The van der Waals surface area contributed by atoms with Gasteiger partial charge >= 0.3 is 0 Å². The summed E-state index contributed by atoms with van der Waals surface area (Å²) in [7, 11) is 0. The van der Waals surface area contributed by atoms with Crippen LogP contribution in [0.25, 0.3) is 0 Å². The van der Waals surface area contributed by atoms with E-state index >= 15 is 0 Å². The normalized spacial score (nSPS) is 14.5. The summed E-state index contributed by atoms with van der Waals surface area (Å²) >= 11 is 0. The van der Waals surface area contributed by atoms with Gasteiger partial charge in [0.15, 0.2) is 0 Å². The van der Waals surface area contributed by atoms with Gasteiger partial charge in [0.25, 0.3) is 0 Å². The molecule has 0 spiro atoms. The van der Waals surface area contributed by atoms with E-state index in [-0.39, 0.29) is 6.04 Å². The summed E-state index contributed by atoms with van der Waals surface area (Å²) in [5.41, 5.74) is 6.08. The molecule has 0 unspecified atom stereocenters. The number of hydrogen-bond donors (Lipinski definition) is 1. The molecule has 0 aliphatic rings. The Hall–Kier alpha value is -0.120. The quantitative estimate of drug-likeness (QED) is 0.446. The molecule has 2 atom stereocenters. The second kappa shape index (κ2) is 15.8. The molecule has 0 aliphatic heterocycles. The second-order valence-corrected chi connectivity index (χ2v) is 6.67. The molecular weight excluding hydrogens is 274 g/mol. The Labute approximate surface area is 139 Å². The van der Waals surface area contributed by atoms with Crippen molar-refractivity contribution in [1.29, 1.82) is 0 Å². The van der Waals surface area contributed by atoms with Crippen molar-refractivity contribution in [2.75, 3.05) is 26.4 Å². The van der Waals surface area contributed by atoms with Gasteiger partial charge in [-0.05, 0) is 24.7 Å². The number of unbranched alkanes of at least 4 members (excludes halogenated alkanes) is 2. The van der Waals surface area contributed by atoms with Gasteiger partial charge in [-0.15, -0.1) is 0 Å². The van der Waals surface area contributed by atoms with Crippen molar-refractivity contribution in [2.24, 2.45) is 17.6 Å². The molecule has 0 heterocycles. The Morgan fingerprint density at radius 3 is 1.41 bits per heavy atom. The fourth-order valence-electron chi connectivity index (χ4n) is 2.62. The van der Waals surface area contributed by atoms with Gasteiger partial charge in [-0.3, -0.25) is 0 Å². The fourth-order valence-corrected chi connectivity index (χ4v) is 2.62. The molecule has 2 N–H and O–H groups in total. The Morgan fingerprint density at radius 1 is 0.682 bits per heavy atom. The van der Waals surface area contributed by atoms with Gasteiger partial charge in [0.2, 0.25) is 0 Å². The third-order valence-corrected chi connectivity index (χ3v) is 4.46. The Kier molecular flexibility index (Phi) is 15.7. The van der Waals surface area contributed by atoms with Crippen molar-refractivity contribution >= 4 is 0 Å². The number of nitrogens with two attached hydrogens (primary N) is 1. The highest BCUT2D eigenvalue weighted by atomic mass is 16.5. The van der Waals surface area contributed by atoms with Crippen molar-refractivity contribution in [2.45, 2.75) is 85.1 Å². The Morgan fingerprint density at radius 2 is 1.09 bits per heavy atom. The largest absolute Gasteiger partial charge is 0.379 e. The van der Waals surface area contributed by atoms with Gasteiger partial charge in [-0.25, -0.2) is 0 Å². The third kappa shape index (κ3) is 12.4. The van der Waals surface area contributed by atoms with Gasteiger partial charge in [-0.2, -0.15) is 0 Å². The summed E-state index contributed by atoms with van der Waals surface area (Å²) in [4.78, 5) is 0. The lowest BCUT2D eigenvalue weighted by Gasteiger charge is -2.19. The summed E-state index contributed by atoms with van der Waals surface area (Å²) in [6, 6.07) is 0.00682. The lowest BCUT2D eigenvalue weighted by Crippen LogP contribution is -2.33. The van der Waals surface area contributed by atoms with Gasteiger partial charge < -0.3 is 15.2 Å². The first kappa shape index (κ1) is 21.9. The molecule has 22 heavy (non-hydrogen) atoms. The highest BCUT2D eigenvalue weighted by Gasteiger charge is 2.10. The first-order valence-corrected chi connectivity index (χ1v) is 9.58. The van der Waals surface area contributed by atoms with Crippen molar-refractivity contribution < 1.29 is 9.47 Å². The van der Waals surface area contributed by atoms with Crippen LogP contribution in [0.3, 0.4) is 0 Å². The first-order valence-electron chi connectivity index (χ1n) is 9.58. The first-order chi connectivity index (χ1) is 10.7. The standard InChI is InChI=1S/C19H41NO2/c1-5-9-11-17(7-3)13-21-15-19(20)16-22-14-18(8-4)12-10-6-2/h17-19H,5-16,20H2,1-4H3/t17-,18-/m0/s1. The van der Waals surface area contributed by atoms with E-state index in [1.807, 2.05) is 0 Å². The molecule has 0 aromatic rings. The van der Waals surface area contributed by atoms with Crippen LogP contribution in [0.5, 0.6) is 0 Å². The van der Waals surface area contributed by atoms with Gasteiger partial charge in [-0.1, -0.05) is 66.2 Å². The molecule has 0 radical (unpaired) electrons. The number of ether oxygens (including phenoxy) is 2. The van der Waals surface area contributed by atoms with E-state index in [9.17, 15) is 0 Å². The zero-order valence-corrected chi connectivity index (χ0v) is 15.6. The molecule has 0 aromatic carbocycles. The van der Waals surface area contributed by atoms with E-state index in [4.69, 9.17) is 15.2 Å². The zero-order chi connectivity index (χ0) is 16.6. The summed E-state index contributed by atoms with van der Waals surface area (Å²) in [5.74, 6) is 1.37. The van der Waals surface area contributed by atoms with Crippen LogP contribution < -0.4 is 5.73 Å². The Bertz CT molecular complexity index is 201. The molecule has 0 saturated carbocycles. The molecule has 0 bridgehead atoms. The maximum atomic E-state index is 6.08. The predicted molar refractivity (Wildman–Crippen MR) is 96.2 cm³/mol. The highest BCUT2D eigenvalue weighted by Crippen LogP contribution is 2.14. The van der Waals surface area contributed by atoms with Crippen molar-refractivity contribution in [3.05, 3.63) is 0 Å². The zero-order valence-electron chi connectivity index (χ0n) is 15.6. The van der Waals surface area contributed by atoms with Crippen LogP contribution in [0.1, 0.15) is 79.1 Å². The van der Waals surface area contributed by atoms with Crippen molar-refractivity contribution in [3.8, 4) is 0 Å². The van der Waals surface area contributed by atoms with Gasteiger partial charge in [0, 0.05) is 13.2 Å². The highest BCUT2D eigenvalue weighted by molar-refractivity contribution is 4.62. The molecule has 0 fully saturated rings. The Balaban J connectivity index is 3.65. The molecule has 134 valence electrons. The SMILES string of the molecule is CCCC[C@H](CC)COCC(N)COC[C@@H](CC)CCCC. The molecule has 3 heteroatoms. The molecule has 3 nitrogen and oxygen atoms in total. The average Bonchev–Trinajstić information content (AvgIpc) is 2.53. The number of rotatable bonds is 16. The van der Waals surface area contributed by atoms with Crippen LogP contribution in [0.4, 0.5) is 0 Å². The lowest BCUT2D eigenvalue weighted by atomic mass is 10.0.